The summed E-state index contributed by atoms with van der Waals surface area (Å²) in [5, 5.41) is 3.64. The first-order valence-corrected chi connectivity index (χ1v) is 10.2. The SMILES string of the molecule is O=C(NN=Cc1ccc(F)cc1F)c1cccc(S(=O)(=O)N2CCCCC2)c1. The lowest BCUT2D eigenvalue weighted by Gasteiger charge is -2.25. The fourth-order valence-corrected chi connectivity index (χ4v) is 4.45. The van der Waals surface area contributed by atoms with Gasteiger partial charge in [-0.15, -0.1) is 0 Å². The molecule has 1 aliphatic rings. The maximum absolute atomic E-state index is 13.5. The molecule has 1 amide bonds. The van der Waals surface area contributed by atoms with E-state index in [0.29, 0.717) is 19.2 Å². The minimum Gasteiger partial charge on any atom is -0.267 e. The summed E-state index contributed by atoms with van der Waals surface area (Å²) in [6, 6.07) is 8.63. The number of sulfonamides is 1. The molecule has 0 aromatic heterocycles. The predicted molar refractivity (Wildman–Crippen MR) is 100 cm³/mol. The van der Waals surface area contributed by atoms with Crippen LogP contribution in [0.25, 0.3) is 0 Å². The van der Waals surface area contributed by atoms with Crippen LogP contribution in [0.2, 0.25) is 0 Å². The highest BCUT2D eigenvalue weighted by Crippen LogP contribution is 2.21. The van der Waals surface area contributed by atoms with Gasteiger partial charge < -0.3 is 0 Å². The van der Waals surface area contributed by atoms with Gasteiger partial charge in [-0.05, 0) is 43.2 Å². The van der Waals surface area contributed by atoms with Gasteiger partial charge in [0.2, 0.25) is 10.0 Å². The van der Waals surface area contributed by atoms with Crippen molar-refractivity contribution in [1.82, 2.24) is 9.73 Å². The van der Waals surface area contributed by atoms with Crippen LogP contribution in [0, 0.1) is 11.6 Å². The van der Waals surface area contributed by atoms with E-state index in [1.54, 1.807) is 0 Å². The zero-order chi connectivity index (χ0) is 20.1. The molecule has 3 rings (SSSR count). The number of hydrogen-bond donors (Lipinski definition) is 1. The molecule has 148 valence electrons. The lowest BCUT2D eigenvalue weighted by molar-refractivity contribution is 0.0955. The summed E-state index contributed by atoms with van der Waals surface area (Å²) in [5.74, 6) is -2.17. The first kappa shape index (κ1) is 20.1. The maximum Gasteiger partial charge on any atom is 0.271 e. The molecule has 2 aromatic carbocycles. The Morgan fingerprint density at radius 2 is 1.82 bits per heavy atom. The largest absolute Gasteiger partial charge is 0.271 e. The fraction of sp³-hybridized carbons (Fsp3) is 0.263. The zero-order valence-corrected chi connectivity index (χ0v) is 15.8. The van der Waals surface area contributed by atoms with Crippen LogP contribution in [0.4, 0.5) is 8.78 Å². The molecule has 0 bridgehead atoms. The van der Waals surface area contributed by atoms with Gasteiger partial charge in [-0.3, -0.25) is 4.79 Å². The quantitative estimate of drug-likeness (QED) is 0.612. The maximum atomic E-state index is 13.5. The molecule has 2 aromatic rings. The van der Waals surface area contributed by atoms with Crippen LogP contribution in [-0.4, -0.2) is 37.9 Å². The summed E-state index contributed by atoms with van der Waals surface area (Å²) < 4.78 is 53.3. The third-order valence-electron chi connectivity index (χ3n) is 4.38. The van der Waals surface area contributed by atoms with Gasteiger partial charge in [0.25, 0.3) is 5.91 Å². The molecule has 1 saturated heterocycles. The Balaban J connectivity index is 1.72. The van der Waals surface area contributed by atoms with Gasteiger partial charge in [0.1, 0.15) is 11.6 Å². The Bertz CT molecular complexity index is 1000. The number of nitrogens with zero attached hydrogens (tertiary/aromatic N) is 2. The molecule has 9 heteroatoms. The summed E-state index contributed by atoms with van der Waals surface area (Å²) >= 11 is 0. The smallest absolute Gasteiger partial charge is 0.267 e. The van der Waals surface area contributed by atoms with Crippen LogP contribution in [0.15, 0.2) is 52.5 Å². The summed E-state index contributed by atoms with van der Waals surface area (Å²) in [6.45, 7) is 0.929. The Morgan fingerprint density at radius 3 is 2.54 bits per heavy atom. The van der Waals surface area contributed by atoms with Crippen LogP contribution in [0.5, 0.6) is 0 Å². The average molecular weight is 407 g/mol. The zero-order valence-electron chi connectivity index (χ0n) is 14.9. The van der Waals surface area contributed by atoms with Crippen molar-refractivity contribution in [3.63, 3.8) is 0 Å². The summed E-state index contributed by atoms with van der Waals surface area (Å²) in [7, 11) is -3.66. The molecule has 0 spiro atoms. The molecule has 0 radical (unpaired) electrons. The number of rotatable bonds is 5. The predicted octanol–water partition coefficient (Wildman–Crippen LogP) is 2.90. The van der Waals surface area contributed by atoms with Gasteiger partial charge in [0.05, 0.1) is 11.1 Å². The normalized spacial score (nSPS) is 15.6. The van der Waals surface area contributed by atoms with Crippen LogP contribution >= 0.6 is 0 Å². The minimum atomic E-state index is -3.66. The molecular formula is C19H19F2N3O3S. The van der Waals surface area contributed by atoms with Crippen molar-refractivity contribution in [3.8, 4) is 0 Å². The first-order valence-electron chi connectivity index (χ1n) is 8.76. The second kappa shape index (κ2) is 8.57. The third kappa shape index (κ3) is 4.60. The second-order valence-corrected chi connectivity index (χ2v) is 8.30. The minimum absolute atomic E-state index is 0.00290. The number of benzene rings is 2. The fourth-order valence-electron chi connectivity index (χ4n) is 2.88. The molecule has 0 atom stereocenters. The standard InChI is InChI=1S/C19H19F2N3O3S/c20-16-8-7-15(18(21)12-16)13-22-23-19(25)14-5-4-6-17(11-14)28(26,27)24-9-2-1-3-10-24/h4-8,11-13H,1-3,9-10H2,(H,23,25). The summed E-state index contributed by atoms with van der Waals surface area (Å²) in [6.07, 6.45) is 3.67. The molecule has 0 unspecified atom stereocenters. The van der Waals surface area contributed by atoms with Crippen molar-refractivity contribution >= 4 is 22.1 Å². The van der Waals surface area contributed by atoms with E-state index in [-0.39, 0.29) is 16.0 Å². The molecule has 6 nitrogen and oxygen atoms in total. The van der Waals surface area contributed by atoms with E-state index in [4.69, 9.17) is 0 Å². The van der Waals surface area contributed by atoms with Gasteiger partial charge >= 0.3 is 0 Å². The number of piperidine rings is 1. The topological polar surface area (TPSA) is 78.8 Å². The van der Waals surface area contributed by atoms with Gasteiger partial charge in [-0.2, -0.15) is 9.41 Å². The van der Waals surface area contributed by atoms with E-state index >= 15 is 0 Å². The van der Waals surface area contributed by atoms with Crippen molar-refractivity contribution in [2.75, 3.05) is 13.1 Å². The van der Waals surface area contributed by atoms with E-state index in [1.807, 2.05) is 0 Å². The number of halogens is 2. The highest BCUT2D eigenvalue weighted by Gasteiger charge is 2.26. The average Bonchev–Trinajstić information content (AvgIpc) is 2.70. The highest BCUT2D eigenvalue weighted by atomic mass is 32.2. The van der Waals surface area contributed by atoms with Gasteiger partial charge in [-0.25, -0.2) is 22.6 Å². The Morgan fingerprint density at radius 1 is 1.07 bits per heavy atom. The molecule has 0 saturated carbocycles. The monoisotopic (exact) mass is 407 g/mol. The van der Waals surface area contributed by atoms with E-state index in [9.17, 15) is 22.0 Å². The van der Waals surface area contributed by atoms with Gasteiger partial charge in [0.15, 0.2) is 0 Å². The molecule has 0 aliphatic carbocycles. The van der Waals surface area contributed by atoms with Crippen molar-refractivity contribution in [1.29, 1.82) is 0 Å². The lowest BCUT2D eigenvalue weighted by atomic mass is 10.2. The third-order valence-corrected chi connectivity index (χ3v) is 6.28. The van der Waals surface area contributed by atoms with Gasteiger partial charge in [-0.1, -0.05) is 12.5 Å². The van der Waals surface area contributed by atoms with Crippen LogP contribution < -0.4 is 5.43 Å². The molecule has 1 N–H and O–H groups in total. The molecule has 1 heterocycles. The van der Waals surface area contributed by atoms with Crippen LogP contribution in [0.3, 0.4) is 0 Å². The molecular weight excluding hydrogens is 388 g/mol. The Labute approximate surface area is 161 Å². The number of amides is 1. The second-order valence-electron chi connectivity index (χ2n) is 6.36. The van der Waals surface area contributed by atoms with Crippen molar-refractivity contribution in [3.05, 3.63) is 65.2 Å². The van der Waals surface area contributed by atoms with Crippen molar-refractivity contribution < 1.29 is 22.0 Å². The van der Waals surface area contributed by atoms with E-state index < -0.39 is 27.6 Å². The van der Waals surface area contributed by atoms with Crippen molar-refractivity contribution in [2.24, 2.45) is 5.10 Å². The van der Waals surface area contributed by atoms with E-state index in [0.717, 1.165) is 31.5 Å². The summed E-state index contributed by atoms with van der Waals surface area (Å²) in [4.78, 5) is 12.3. The lowest BCUT2D eigenvalue weighted by Crippen LogP contribution is -2.35. The van der Waals surface area contributed by atoms with E-state index in [1.165, 1.54) is 34.6 Å². The van der Waals surface area contributed by atoms with Crippen LogP contribution in [0.1, 0.15) is 35.2 Å². The number of carbonyl (C=O) groups excluding carboxylic acids is 1. The molecule has 28 heavy (non-hydrogen) atoms. The highest BCUT2D eigenvalue weighted by molar-refractivity contribution is 7.89. The van der Waals surface area contributed by atoms with E-state index in [2.05, 4.69) is 10.5 Å². The first-order chi connectivity index (χ1) is 13.4. The number of hydrazone groups is 1. The molecule has 1 aliphatic heterocycles. The van der Waals surface area contributed by atoms with Crippen molar-refractivity contribution in [2.45, 2.75) is 24.2 Å². The molecule has 1 fully saturated rings. The number of hydrogen-bond acceptors (Lipinski definition) is 4. The number of carbonyl (C=O) groups is 1. The Kier molecular flexibility index (Phi) is 6.15. The summed E-state index contributed by atoms with van der Waals surface area (Å²) in [5.41, 5.74) is 2.32. The number of nitrogens with one attached hydrogen (secondary N) is 1. The van der Waals surface area contributed by atoms with Gasteiger partial charge in [0, 0.05) is 30.3 Å². The Hall–Kier alpha value is -2.65. The van der Waals surface area contributed by atoms with Crippen LogP contribution in [-0.2, 0) is 10.0 Å².